The standard InChI is InChI=1S/C19H28F3N5O.HI/c1-24-18(25-8-7-19(20,21)22)26-11-14-4-2-5-15(10-14)12-27-9-3-6-16(13-27)17(23)28;/h2,4-5,10,16H,3,6-9,11-13H2,1H3,(H2,23,28)(H2,24,25,26);1H. The van der Waals surface area contributed by atoms with E-state index in [9.17, 15) is 18.0 Å². The predicted octanol–water partition coefficient (Wildman–Crippen LogP) is 2.62. The Balaban J connectivity index is 0.00000420. The van der Waals surface area contributed by atoms with Gasteiger partial charge in [-0.3, -0.25) is 14.7 Å². The first-order chi connectivity index (χ1) is 13.3. The number of aliphatic imine (C=N–C) groups is 1. The topological polar surface area (TPSA) is 82.8 Å². The van der Waals surface area contributed by atoms with Gasteiger partial charge in [0.1, 0.15) is 0 Å². The first-order valence-electron chi connectivity index (χ1n) is 9.37. The Hall–Kier alpha value is -1.56. The number of primary amides is 1. The van der Waals surface area contributed by atoms with Crippen molar-refractivity contribution in [2.45, 2.75) is 38.5 Å². The number of carbonyl (C=O) groups is 1. The lowest BCUT2D eigenvalue weighted by Crippen LogP contribution is -2.40. The molecule has 1 fully saturated rings. The Kier molecular flexibility index (Phi) is 10.7. The van der Waals surface area contributed by atoms with Gasteiger partial charge in [0.25, 0.3) is 0 Å². The highest BCUT2D eigenvalue weighted by atomic mass is 127. The molecule has 1 aliphatic heterocycles. The number of nitrogens with two attached hydrogens (primary N) is 1. The van der Waals surface area contributed by atoms with Crippen LogP contribution in [-0.4, -0.2) is 49.6 Å². The smallest absolute Gasteiger partial charge is 0.369 e. The summed E-state index contributed by atoms with van der Waals surface area (Å²) < 4.78 is 36.7. The molecule has 6 nitrogen and oxygen atoms in total. The Labute approximate surface area is 186 Å². The lowest BCUT2D eigenvalue weighted by Gasteiger charge is -2.31. The number of amides is 1. The molecule has 164 valence electrons. The molecule has 2 rings (SSSR count). The van der Waals surface area contributed by atoms with E-state index in [1.165, 1.54) is 7.05 Å². The number of hydrogen-bond acceptors (Lipinski definition) is 3. The molecule has 1 heterocycles. The summed E-state index contributed by atoms with van der Waals surface area (Å²) in [6.45, 7) is 2.56. The summed E-state index contributed by atoms with van der Waals surface area (Å²) in [6.07, 6.45) is -3.31. The molecule has 1 unspecified atom stereocenters. The van der Waals surface area contributed by atoms with E-state index in [0.29, 0.717) is 19.0 Å². The quantitative estimate of drug-likeness (QED) is 0.290. The summed E-state index contributed by atoms with van der Waals surface area (Å²) >= 11 is 0. The zero-order valence-corrected chi connectivity index (χ0v) is 18.8. The minimum absolute atomic E-state index is 0. The van der Waals surface area contributed by atoms with E-state index in [4.69, 9.17) is 5.73 Å². The molecule has 1 aromatic carbocycles. The molecule has 0 aliphatic carbocycles. The highest BCUT2D eigenvalue weighted by molar-refractivity contribution is 14.0. The van der Waals surface area contributed by atoms with Gasteiger partial charge in [0.2, 0.25) is 5.91 Å². The molecule has 10 heteroatoms. The molecule has 1 amide bonds. The molecule has 0 bridgehead atoms. The summed E-state index contributed by atoms with van der Waals surface area (Å²) in [4.78, 5) is 17.6. The Morgan fingerprint density at radius 3 is 2.69 bits per heavy atom. The first-order valence-corrected chi connectivity index (χ1v) is 9.37. The Bertz CT molecular complexity index is 684. The lowest BCUT2D eigenvalue weighted by atomic mass is 9.97. The zero-order chi connectivity index (χ0) is 20.6. The van der Waals surface area contributed by atoms with Crippen LogP contribution in [0.5, 0.6) is 0 Å². The highest BCUT2D eigenvalue weighted by Crippen LogP contribution is 2.19. The van der Waals surface area contributed by atoms with Crippen LogP contribution in [0.15, 0.2) is 29.3 Å². The van der Waals surface area contributed by atoms with Gasteiger partial charge >= 0.3 is 6.18 Å². The van der Waals surface area contributed by atoms with Crippen LogP contribution in [0.1, 0.15) is 30.4 Å². The molecule has 0 saturated carbocycles. The molecule has 29 heavy (non-hydrogen) atoms. The highest BCUT2D eigenvalue weighted by Gasteiger charge is 2.26. The fraction of sp³-hybridized carbons (Fsp3) is 0.579. The van der Waals surface area contributed by atoms with Crippen molar-refractivity contribution in [1.29, 1.82) is 0 Å². The van der Waals surface area contributed by atoms with Gasteiger partial charge in [-0.05, 0) is 30.5 Å². The maximum atomic E-state index is 12.2. The van der Waals surface area contributed by atoms with Gasteiger partial charge < -0.3 is 16.4 Å². The van der Waals surface area contributed by atoms with Crippen molar-refractivity contribution in [1.82, 2.24) is 15.5 Å². The third kappa shape index (κ3) is 9.66. The molecule has 1 atom stereocenters. The lowest BCUT2D eigenvalue weighted by molar-refractivity contribution is -0.132. The second kappa shape index (κ2) is 12.2. The van der Waals surface area contributed by atoms with E-state index in [-0.39, 0.29) is 42.3 Å². The molecular formula is C19H29F3IN5O. The minimum Gasteiger partial charge on any atom is -0.369 e. The Morgan fingerprint density at radius 1 is 1.31 bits per heavy atom. The van der Waals surface area contributed by atoms with Crippen LogP contribution in [0.25, 0.3) is 0 Å². The molecular weight excluding hydrogens is 498 g/mol. The molecule has 4 N–H and O–H groups in total. The van der Waals surface area contributed by atoms with Gasteiger partial charge in [-0.15, -0.1) is 24.0 Å². The summed E-state index contributed by atoms with van der Waals surface area (Å²) in [5.41, 5.74) is 7.55. The van der Waals surface area contributed by atoms with E-state index in [2.05, 4.69) is 20.5 Å². The number of nitrogens with zero attached hydrogens (tertiary/aromatic N) is 2. The van der Waals surface area contributed by atoms with Gasteiger partial charge in [0.05, 0.1) is 12.3 Å². The number of nitrogens with one attached hydrogen (secondary N) is 2. The molecule has 0 spiro atoms. The van der Waals surface area contributed by atoms with Crippen molar-refractivity contribution in [2.75, 3.05) is 26.7 Å². The normalized spacial score (nSPS) is 18.1. The van der Waals surface area contributed by atoms with Gasteiger partial charge in [-0.1, -0.05) is 24.3 Å². The number of rotatable bonds is 7. The average molecular weight is 527 g/mol. The van der Waals surface area contributed by atoms with Crippen LogP contribution in [0.2, 0.25) is 0 Å². The number of hydrogen-bond donors (Lipinski definition) is 3. The first kappa shape index (κ1) is 25.5. The van der Waals surface area contributed by atoms with E-state index in [0.717, 1.165) is 37.1 Å². The third-order valence-electron chi connectivity index (χ3n) is 4.69. The molecule has 0 aromatic heterocycles. The summed E-state index contributed by atoms with van der Waals surface area (Å²) in [5.74, 6) is -0.00765. The van der Waals surface area contributed by atoms with Crippen molar-refractivity contribution >= 4 is 35.8 Å². The van der Waals surface area contributed by atoms with Crippen molar-refractivity contribution < 1.29 is 18.0 Å². The van der Waals surface area contributed by atoms with Gasteiger partial charge in [-0.25, -0.2) is 0 Å². The number of likely N-dealkylation sites (tertiary alicyclic amines) is 1. The largest absolute Gasteiger partial charge is 0.390 e. The maximum Gasteiger partial charge on any atom is 0.390 e. The van der Waals surface area contributed by atoms with Crippen molar-refractivity contribution in [2.24, 2.45) is 16.6 Å². The molecule has 0 radical (unpaired) electrons. The van der Waals surface area contributed by atoms with Crippen LogP contribution >= 0.6 is 24.0 Å². The zero-order valence-electron chi connectivity index (χ0n) is 16.5. The average Bonchev–Trinajstić information content (AvgIpc) is 2.64. The van der Waals surface area contributed by atoms with Crippen molar-refractivity contribution in [3.8, 4) is 0 Å². The van der Waals surface area contributed by atoms with Crippen LogP contribution < -0.4 is 16.4 Å². The van der Waals surface area contributed by atoms with Crippen LogP contribution in [0.4, 0.5) is 13.2 Å². The molecule has 1 saturated heterocycles. The number of halogens is 4. The van der Waals surface area contributed by atoms with Gasteiger partial charge in [0.15, 0.2) is 5.96 Å². The van der Waals surface area contributed by atoms with Gasteiger partial charge in [-0.2, -0.15) is 13.2 Å². The summed E-state index contributed by atoms with van der Waals surface area (Å²) in [5, 5.41) is 5.68. The number of guanidine groups is 1. The second-order valence-corrected chi connectivity index (χ2v) is 7.01. The Morgan fingerprint density at radius 2 is 2.03 bits per heavy atom. The van der Waals surface area contributed by atoms with Gasteiger partial charge in [0, 0.05) is 33.2 Å². The predicted molar refractivity (Wildman–Crippen MR) is 118 cm³/mol. The number of alkyl halides is 3. The maximum absolute atomic E-state index is 12.2. The fourth-order valence-corrected chi connectivity index (χ4v) is 3.26. The molecule has 1 aromatic rings. The van der Waals surface area contributed by atoms with E-state index in [1.807, 2.05) is 24.3 Å². The number of piperidine rings is 1. The minimum atomic E-state index is -4.19. The van der Waals surface area contributed by atoms with Crippen LogP contribution in [0.3, 0.4) is 0 Å². The second-order valence-electron chi connectivity index (χ2n) is 7.01. The van der Waals surface area contributed by atoms with E-state index >= 15 is 0 Å². The van der Waals surface area contributed by atoms with Crippen LogP contribution in [-0.2, 0) is 17.9 Å². The van der Waals surface area contributed by atoms with E-state index < -0.39 is 12.6 Å². The number of benzene rings is 1. The monoisotopic (exact) mass is 527 g/mol. The third-order valence-corrected chi connectivity index (χ3v) is 4.69. The number of carbonyl (C=O) groups excluding carboxylic acids is 1. The van der Waals surface area contributed by atoms with Crippen molar-refractivity contribution in [3.05, 3.63) is 35.4 Å². The SMILES string of the molecule is CN=C(NCCC(F)(F)F)NCc1cccc(CN2CCCC(C(N)=O)C2)c1.I. The fourth-order valence-electron chi connectivity index (χ4n) is 3.26. The summed E-state index contributed by atoms with van der Waals surface area (Å²) in [6, 6.07) is 7.96. The molecule has 1 aliphatic rings. The summed E-state index contributed by atoms with van der Waals surface area (Å²) in [7, 11) is 1.52. The van der Waals surface area contributed by atoms with Crippen LogP contribution in [0, 0.1) is 5.92 Å². The van der Waals surface area contributed by atoms with Crippen molar-refractivity contribution in [3.63, 3.8) is 0 Å². The van der Waals surface area contributed by atoms with E-state index in [1.54, 1.807) is 0 Å².